The molecule has 0 unspecified atom stereocenters. The molecule has 1 saturated heterocycles. The van der Waals surface area contributed by atoms with Crippen molar-refractivity contribution >= 4 is 0 Å². The summed E-state index contributed by atoms with van der Waals surface area (Å²) in [6.07, 6.45) is 4.06. The molecule has 0 atom stereocenters. The zero-order valence-electron chi connectivity index (χ0n) is 11.2. The van der Waals surface area contributed by atoms with Crippen LogP contribution >= 0.6 is 0 Å². The van der Waals surface area contributed by atoms with Gasteiger partial charge in [-0.3, -0.25) is 0 Å². The quantitative estimate of drug-likeness (QED) is 0.672. The summed E-state index contributed by atoms with van der Waals surface area (Å²) in [5.41, 5.74) is 0. The molecule has 1 rings (SSSR count). The van der Waals surface area contributed by atoms with Gasteiger partial charge < -0.3 is 15.0 Å². The Labute approximate surface area is 101 Å². The lowest BCUT2D eigenvalue weighted by Gasteiger charge is -2.28. The lowest BCUT2D eigenvalue weighted by atomic mass is 10.1. The zero-order chi connectivity index (χ0) is 11.8. The van der Waals surface area contributed by atoms with Gasteiger partial charge in [-0.25, -0.2) is 0 Å². The second-order valence-corrected chi connectivity index (χ2v) is 5.32. The Morgan fingerprint density at radius 2 is 2.00 bits per heavy atom. The molecule has 0 bridgehead atoms. The van der Waals surface area contributed by atoms with Gasteiger partial charge in [0.2, 0.25) is 0 Å². The number of ether oxygens (including phenoxy) is 1. The first-order valence-corrected chi connectivity index (χ1v) is 6.69. The lowest BCUT2D eigenvalue weighted by molar-refractivity contribution is 0.0116. The monoisotopic (exact) mass is 228 g/mol. The average Bonchev–Trinajstić information content (AvgIpc) is 2.25. The normalized spacial score (nSPS) is 19.5. The van der Waals surface area contributed by atoms with E-state index in [-0.39, 0.29) is 0 Å². The van der Waals surface area contributed by atoms with Gasteiger partial charge in [0.25, 0.3) is 0 Å². The Morgan fingerprint density at radius 3 is 2.62 bits per heavy atom. The summed E-state index contributed by atoms with van der Waals surface area (Å²) in [4.78, 5) is 2.38. The highest BCUT2D eigenvalue weighted by atomic mass is 16.5. The summed E-state index contributed by atoms with van der Waals surface area (Å²) < 4.78 is 5.87. The topological polar surface area (TPSA) is 24.5 Å². The van der Waals surface area contributed by atoms with E-state index in [0.717, 1.165) is 32.0 Å². The molecule has 1 aliphatic heterocycles. The predicted molar refractivity (Wildman–Crippen MR) is 68.8 cm³/mol. The van der Waals surface area contributed by atoms with Gasteiger partial charge in [0.15, 0.2) is 0 Å². The molecule has 0 aromatic heterocycles. The van der Waals surface area contributed by atoms with Crippen LogP contribution in [0.2, 0.25) is 0 Å². The number of nitrogens with zero attached hydrogens (tertiary/aromatic N) is 1. The van der Waals surface area contributed by atoms with E-state index in [0.29, 0.717) is 6.10 Å². The largest absolute Gasteiger partial charge is 0.378 e. The fraction of sp³-hybridized carbons (Fsp3) is 1.00. The molecular formula is C13H28N2O. The third-order valence-corrected chi connectivity index (χ3v) is 3.07. The van der Waals surface area contributed by atoms with Gasteiger partial charge >= 0.3 is 0 Å². The van der Waals surface area contributed by atoms with Crippen LogP contribution in [0.4, 0.5) is 0 Å². The average molecular weight is 228 g/mol. The van der Waals surface area contributed by atoms with Crippen molar-refractivity contribution in [3.05, 3.63) is 0 Å². The van der Waals surface area contributed by atoms with Crippen LogP contribution in [0, 0.1) is 5.92 Å². The summed E-state index contributed by atoms with van der Waals surface area (Å²) in [5.74, 6) is 0.745. The Kier molecular flexibility index (Phi) is 7.01. The number of hydrogen-bond acceptors (Lipinski definition) is 3. The second kappa shape index (κ2) is 8.04. The molecule has 0 spiro atoms. The Balaban J connectivity index is 1.87. The molecule has 1 N–H and O–H groups in total. The first-order valence-electron chi connectivity index (χ1n) is 6.69. The van der Waals surface area contributed by atoms with E-state index in [4.69, 9.17) is 4.74 Å². The van der Waals surface area contributed by atoms with E-state index in [1.807, 2.05) is 0 Å². The number of hydrogen-bond donors (Lipinski definition) is 1. The van der Waals surface area contributed by atoms with Crippen LogP contribution in [-0.4, -0.2) is 50.8 Å². The molecule has 16 heavy (non-hydrogen) atoms. The maximum atomic E-state index is 5.87. The molecule has 0 saturated carbocycles. The van der Waals surface area contributed by atoms with Crippen molar-refractivity contribution < 1.29 is 4.74 Å². The Bertz CT molecular complexity index is 165. The molecule has 0 amide bonds. The molecule has 0 aromatic rings. The van der Waals surface area contributed by atoms with Crippen molar-refractivity contribution in [3.8, 4) is 0 Å². The van der Waals surface area contributed by atoms with E-state index in [1.54, 1.807) is 0 Å². The van der Waals surface area contributed by atoms with Crippen LogP contribution in [0.5, 0.6) is 0 Å². The predicted octanol–water partition coefficient (Wildman–Crippen LogP) is 1.73. The molecule has 1 aliphatic rings. The van der Waals surface area contributed by atoms with Crippen molar-refractivity contribution in [1.29, 1.82) is 0 Å². The van der Waals surface area contributed by atoms with Gasteiger partial charge in [0.1, 0.15) is 0 Å². The molecule has 1 heterocycles. The van der Waals surface area contributed by atoms with E-state index < -0.39 is 0 Å². The van der Waals surface area contributed by atoms with Gasteiger partial charge in [-0.05, 0) is 45.3 Å². The summed E-state index contributed by atoms with van der Waals surface area (Å²) in [5, 5.41) is 3.44. The smallest absolute Gasteiger partial charge is 0.0599 e. The van der Waals surface area contributed by atoms with Crippen LogP contribution in [0.1, 0.15) is 33.1 Å². The molecule has 3 nitrogen and oxygen atoms in total. The van der Waals surface area contributed by atoms with E-state index in [9.17, 15) is 0 Å². The summed E-state index contributed by atoms with van der Waals surface area (Å²) in [7, 11) is 2.19. The second-order valence-electron chi connectivity index (χ2n) is 5.32. The number of rotatable bonds is 7. The minimum absolute atomic E-state index is 0.515. The number of likely N-dealkylation sites (tertiary alicyclic amines) is 1. The van der Waals surface area contributed by atoms with Gasteiger partial charge in [-0.2, -0.15) is 0 Å². The number of nitrogens with one attached hydrogen (secondary N) is 1. The van der Waals surface area contributed by atoms with E-state index in [2.05, 4.69) is 31.1 Å². The minimum Gasteiger partial charge on any atom is -0.378 e. The fourth-order valence-corrected chi connectivity index (χ4v) is 1.99. The van der Waals surface area contributed by atoms with Crippen LogP contribution < -0.4 is 5.32 Å². The maximum absolute atomic E-state index is 5.87. The Morgan fingerprint density at radius 1 is 1.31 bits per heavy atom. The van der Waals surface area contributed by atoms with Crippen molar-refractivity contribution in [2.24, 2.45) is 5.92 Å². The van der Waals surface area contributed by atoms with E-state index >= 15 is 0 Å². The highest BCUT2D eigenvalue weighted by Gasteiger charge is 2.16. The van der Waals surface area contributed by atoms with Crippen molar-refractivity contribution in [2.45, 2.75) is 39.2 Å². The molecule has 96 valence electrons. The first-order chi connectivity index (χ1) is 7.68. The van der Waals surface area contributed by atoms with Crippen molar-refractivity contribution in [2.75, 3.05) is 39.8 Å². The van der Waals surface area contributed by atoms with Crippen molar-refractivity contribution in [3.63, 3.8) is 0 Å². The van der Waals surface area contributed by atoms with E-state index in [1.165, 1.54) is 25.9 Å². The highest BCUT2D eigenvalue weighted by Crippen LogP contribution is 2.11. The molecule has 0 radical (unpaired) electrons. The Hall–Kier alpha value is -0.120. The van der Waals surface area contributed by atoms with Crippen molar-refractivity contribution in [1.82, 2.24) is 10.2 Å². The van der Waals surface area contributed by atoms with Gasteiger partial charge in [0, 0.05) is 19.7 Å². The third kappa shape index (κ3) is 6.46. The van der Waals surface area contributed by atoms with Crippen LogP contribution in [0.15, 0.2) is 0 Å². The highest BCUT2D eigenvalue weighted by molar-refractivity contribution is 4.69. The molecule has 0 aromatic carbocycles. The summed E-state index contributed by atoms with van der Waals surface area (Å²) in [6, 6.07) is 0. The van der Waals surface area contributed by atoms with Crippen LogP contribution in [-0.2, 0) is 4.74 Å². The molecule has 1 fully saturated rings. The number of piperidine rings is 1. The molecule has 0 aliphatic carbocycles. The lowest BCUT2D eigenvalue weighted by Crippen LogP contribution is -2.34. The standard InChI is InChI=1S/C13H28N2O/c1-12(2)11-14-7-4-10-16-13-5-8-15(3)9-6-13/h12-14H,4-11H2,1-3H3. The van der Waals surface area contributed by atoms with Crippen LogP contribution in [0.3, 0.4) is 0 Å². The summed E-state index contributed by atoms with van der Waals surface area (Å²) >= 11 is 0. The zero-order valence-corrected chi connectivity index (χ0v) is 11.2. The van der Waals surface area contributed by atoms with Gasteiger partial charge in [0.05, 0.1) is 6.10 Å². The summed E-state index contributed by atoms with van der Waals surface area (Å²) in [6.45, 7) is 9.98. The molecule has 3 heteroatoms. The SMILES string of the molecule is CC(C)CNCCCOC1CCN(C)CC1. The third-order valence-electron chi connectivity index (χ3n) is 3.07. The fourth-order valence-electron chi connectivity index (χ4n) is 1.99. The van der Waals surface area contributed by atoms with Gasteiger partial charge in [-0.15, -0.1) is 0 Å². The first kappa shape index (κ1) is 13.9. The van der Waals surface area contributed by atoms with Gasteiger partial charge in [-0.1, -0.05) is 13.8 Å². The van der Waals surface area contributed by atoms with Crippen LogP contribution in [0.25, 0.3) is 0 Å². The maximum Gasteiger partial charge on any atom is 0.0599 e. The molecular weight excluding hydrogens is 200 g/mol. The minimum atomic E-state index is 0.515.